The zero-order chi connectivity index (χ0) is 12.5. The van der Waals surface area contributed by atoms with Crippen molar-refractivity contribution < 1.29 is 9.47 Å². The Morgan fingerprint density at radius 3 is 2.59 bits per heavy atom. The maximum atomic E-state index is 6.03. The van der Waals surface area contributed by atoms with Crippen molar-refractivity contribution >= 4 is 0 Å². The second-order valence-electron chi connectivity index (χ2n) is 4.72. The van der Waals surface area contributed by atoms with E-state index in [1.54, 1.807) is 0 Å². The van der Waals surface area contributed by atoms with Crippen LogP contribution in [0.1, 0.15) is 52.4 Å². The fraction of sp³-hybridized carbons (Fsp3) is 0.857. The maximum Gasteiger partial charge on any atom is 0.111 e. The lowest BCUT2D eigenvalue weighted by Crippen LogP contribution is -2.31. The Bertz CT molecular complexity index is 228. The maximum absolute atomic E-state index is 6.03. The average molecular weight is 241 g/mol. The van der Waals surface area contributed by atoms with E-state index in [1.807, 2.05) is 0 Å². The van der Waals surface area contributed by atoms with Crippen LogP contribution >= 0.6 is 0 Å². The fourth-order valence-electron chi connectivity index (χ4n) is 1.88. The molecule has 1 aliphatic rings. The largest absolute Gasteiger partial charge is 0.497 e. The van der Waals surface area contributed by atoms with Crippen molar-refractivity contribution in [1.82, 2.24) is 0 Å². The van der Waals surface area contributed by atoms with Crippen LogP contribution in [0.4, 0.5) is 0 Å². The van der Waals surface area contributed by atoms with Gasteiger partial charge in [-0.25, -0.2) is 0 Å². The van der Waals surface area contributed by atoms with Gasteiger partial charge in [-0.15, -0.1) is 0 Å². The van der Waals surface area contributed by atoms with Crippen LogP contribution in [0.5, 0.6) is 0 Å². The third-order valence-corrected chi connectivity index (χ3v) is 3.07. The second-order valence-corrected chi connectivity index (χ2v) is 4.72. The highest BCUT2D eigenvalue weighted by Crippen LogP contribution is 2.21. The Labute approximate surface area is 105 Å². The van der Waals surface area contributed by atoms with E-state index in [9.17, 15) is 0 Å². The minimum absolute atomic E-state index is 0.0675. The normalized spacial score (nSPS) is 24.5. The fourth-order valence-corrected chi connectivity index (χ4v) is 1.88. The van der Waals surface area contributed by atoms with Crippen molar-refractivity contribution in [3.05, 3.63) is 11.8 Å². The molecule has 0 radical (unpaired) electrons. The number of rotatable bonds is 8. The molecular formula is C14H27NO2. The molecule has 0 aromatic carbocycles. The predicted molar refractivity (Wildman–Crippen MR) is 70.8 cm³/mol. The van der Waals surface area contributed by atoms with Gasteiger partial charge in [-0.3, -0.25) is 0 Å². The molecule has 0 amide bonds. The topological polar surface area (TPSA) is 44.5 Å². The number of nitrogens with two attached hydrogens (primary N) is 1. The van der Waals surface area contributed by atoms with Gasteiger partial charge in [0.1, 0.15) is 5.76 Å². The molecule has 0 saturated carbocycles. The lowest BCUT2D eigenvalue weighted by molar-refractivity contribution is 0.0599. The Balaban J connectivity index is 2.35. The van der Waals surface area contributed by atoms with E-state index < -0.39 is 0 Å². The number of unbranched alkanes of at least 4 members (excludes halogenated alkanes) is 2. The molecule has 0 fully saturated rings. The molecule has 0 spiro atoms. The van der Waals surface area contributed by atoms with Crippen LogP contribution in [0, 0.1) is 0 Å². The predicted octanol–water partition coefficient (Wildman–Crippen LogP) is 2.99. The monoisotopic (exact) mass is 241 g/mol. The van der Waals surface area contributed by atoms with Crippen LogP contribution in [0.15, 0.2) is 11.8 Å². The summed E-state index contributed by atoms with van der Waals surface area (Å²) in [7, 11) is 0. The van der Waals surface area contributed by atoms with Crippen LogP contribution in [-0.4, -0.2) is 25.4 Å². The quantitative estimate of drug-likeness (QED) is 0.664. The molecular weight excluding hydrogens is 214 g/mol. The van der Waals surface area contributed by atoms with Gasteiger partial charge < -0.3 is 15.2 Å². The third-order valence-electron chi connectivity index (χ3n) is 3.07. The molecule has 1 aliphatic carbocycles. The Hall–Kier alpha value is -0.540. The first-order valence-corrected chi connectivity index (χ1v) is 6.99. The van der Waals surface area contributed by atoms with E-state index in [0.29, 0.717) is 0 Å². The van der Waals surface area contributed by atoms with Gasteiger partial charge in [-0.05, 0) is 31.8 Å². The van der Waals surface area contributed by atoms with Crippen molar-refractivity contribution in [3.8, 4) is 0 Å². The molecule has 2 N–H and O–H groups in total. The summed E-state index contributed by atoms with van der Waals surface area (Å²) in [6.45, 7) is 5.96. The number of hydrogen-bond donors (Lipinski definition) is 1. The van der Waals surface area contributed by atoms with E-state index in [2.05, 4.69) is 19.9 Å². The molecule has 3 heteroatoms. The smallest absolute Gasteiger partial charge is 0.111 e. The van der Waals surface area contributed by atoms with Crippen molar-refractivity contribution in [2.45, 2.75) is 64.5 Å². The highest BCUT2D eigenvalue weighted by molar-refractivity contribution is 5.10. The highest BCUT2D eigenvalue weighted by Gasteiger charge is 2.21. The summed E-state index contributed by atoms with van der Waals surface area (Å²) in [5, 5.41) is 0. The molecule has 17 heavy (non-hydrogen) atoms. The SMILES string of the molecule is CCCCOC1=CC(OCCCC)CCC1N. The zero-order valence-corrected chi connectivity index (χ0v) is 11.3. The highest BCUT2D eigenvalue weighted by atomic mass is 16.5. The average Bonchev–Trinajstić information content (AvgIpc) is 2.33. The van der Waals surface area contributed by atoms with Crippen molar-refractivity contribution in [2.75, 3.05) is 13.2 Å². The Morgan fingerprint density at radius 2 is 1.88 bits per heavy atom. The molecule has 0 aromatic rings. The van der Waals surface area contributed by atoms with E-state index in [4.69, 9.17) is 15.2 Å². The standard InChI is InChI=1S/C14H27NO2/c1-3-5-9-16-12-7-8-13(15)14(11-12)17-10-6-4-2/h11-13H,3-10,15H2,1-2H3. The molecule has 0 bridgehead atoms. The molecule has 2 unspecified atom stereocenters. The summed E-state index contributed by atoms with van der Waals surface area (Å²) in [6.07, 6.45) is 8.82. The summed E-state index contributed by atoms with van der Waals surface area (Å²) in [4.78, 5) is 0. The first-order valence-electron chi connectivity index (χ1n) is 6.99. The van der Waals surface area contributed by atoms with Crippen LogP contribution in [0.25, 0.3) is 0 Å². The summed E-state index contributed by atoms with van der Waals surface area (Å²) in [5.41, 5.74) is 6.03. The third kappa shape index (κ3) is 5.55. The minimum Gasteiger partial charge on any atom is -0.497 e. The number of hydrogen-bond acceptors (Lipinski definition) is 3. The lowest BCUT2D eigenvalue weighted by Gasteiger charge is -2.26. The summed E-state index contributed by atoms with van der Waals surface area (Å²) in [6, 6.07) is 0.0675. The van der Waals surface area contributed by atoms with Crippen LogP contribution in [0.3, 0.4) is 0 Å². The molecule has 0 aliphatic heterocycles. The van der Waals surface area contributed by atoms with Gasteiger partial charge in [0.25, 0.3) is 0 Å². The van der Waals surface area contributed by atoms with Crippen LogP contribution in [0.2, 0.25) is 0 Å². The summed E-state index contributed by atoms with van der Waals surface area (Å²) < 4.78 is 11.5. The van der Waals surface area contributed by atoms with Gasteiger partial charge in [-0.2, -0.15) is 0 Å². The zero-order valence-electron chi connectivity index (χ0n) is 11.3. The summed E-state index contributed by atoms with van der Waals surface area (Å²) in [5.74, 6) is 0.936. The van der Waals surface area contributed by atoms with Crippen LogP contribution < -0.4 is 5.73 Å². The van der Waals surface area contributed by atoms with Gasteiger partial charge in [-0.1, -0.05) is 26.7 Å². The van der Waals surface area contributed by atoms with Gasteiger partial charge in [0.15, 0.2) is 0 Å². The molecule has 1 rings (SSSR count). The first-order chi connectivity index (χ1) is 8.27. The van der Waals surface area contributed by atoms with Gasteiger partial charge >= 0.3 is 0 Å². The van der Waals surface area contributed by atoms with E-state index in [-0.39, 0.29) is 12.1 Å². The van der Waals surface area contributed by atoms with E-state index >= 15 is 0 Å². The summed E-state index contributed by atoms with van der Waals surface area (Å²) >= 11 is 0. The molecule has 3 nitrogen and oxygen atoms in total. The minimum atomic E-state index is 0.0675. The Morgan fingerprint density at radius 1 is 1.18 bits per heavy atom. The van der Waals surface area contributed by atoms with E-state index in [0.717, 1.165) is 51.1 Å². The van der Waals surface area contributed by atoms with Crippen molar-refractivity contribution in [1.29, 1.82) is 0 Å². The molecule has 2 atom stereocenters. The first kappa shape index (κ1) is 14.5. The van der Waals surface area contributed by atoms with E-state index in [1.165, 1.54) is 6.42 Å². The van der Waals surface area contributed by atoms with Gasteiger partial charge in [0.05, 0.1) is 18.8 Å². The lowest BCUT2D eigenvalue weighted by atomic mass is 9.99. The Kier molecular flexibility index (Phi) is 7.29. The molecule has 0 aromatic heterocycles. The molecule has 0 saturated heterocycles. The molecule has 0 heterocycles. The van der Waals surface area contributed by atoms with Gasteiger partial charge in [0, 0.05) is 6.61 Å². The van der Waals surface area contributed by atoms with Crippen molar-refractivity contribution in [3.63, 3.8) is 0 Å². The number of ether oxygens (including phenoxy) is 2. The van der Waals surface area contributed by atoms with Gasteiger partial charge in [0.2, 0.25) is 0 Å². The van der Waals surface area contributed by atoms with Crippen molar-refractivity contribution in [2.24, 2.45) is 5.73 Å². The second kappa shape index (κ2) is 8.54. The molecule has 100 valence electrons. The van der Waals surface area contributed by atoms with Crippen LogP contribution in [-0.2, 0) is 9.47 Å².